The van der Waals surface area contributed by atoms with Gasteiger partial charge in [-0.05, 0) is 24.0 Å². The van der Waals surface area contributed by atoms with Crippen LogP contribution < -0.4 is 11.1 Å². The van der Waals surface area contributed by atoms with Crippen molar-refractivity contribution in [2.45, 2.75) is 33.2 Å². The largest absolute Gasteiger partial charge is 0.480 e. The van der Waals surface area contributed by atoms with E-state index in [1.165, 1.54) is 12.1 Å². The number of fused-ring (bicyclic) bond motifs is 1. The molecule has 118 valence electrons. The first-order valence-electron chi connectivity index (χ1n) is 6.75. The lowest BCUT2D eigenvalue weighted by atomic mass is 9.88. The van der Waals surface area contributed by atoms with Crippen molar-refractivity contribution in [1.29, 1.82) is 0 Å². The molecule has 22 heavy (non-hydrogen) atoms. The lowest BCUT2D eigenvalue weighted by molar-refractivity contribution is -0.138. The molecule has 0 saturated carbocycles. The maximum atomic E-state index is 13.2. The summed E-state index contributed by atoms with van der Waals surface area (Å²) in [5.41, 5.74) is -0.223. The number of aliphatic carboxylic acids is 1. The number of aromatic nitrogens is 1. The van der Waals surface area contributed by atoms with Crippen LogP contribution in [0.3, 0.4) is 0 Å². The summed E-state index contributed by atoms with van der Waals surface area (Å²) in [6.07, 6.45) is 0.326. The highest BCUT2D eigenvalue weighted by Crippen LogP contribution is 2.25. The molecule has 2 N–H and O–H groups in total. The number of carbonyl (C=O) groups is 1. The highest BCUT2D eigenvalue weighted by atomic mass is 19.1. The predicted molar refractivity (Wildman–Crippen MR) is 79.4 cm³/mol. The van der Waals surface area contributed by atoms with Gasteiger partial charge in [0, 0.05) is 6.07 Å². The number of anilines is 1. The molecular formula is C15H17FN2O4. The van der Waals surface area contributed by atoms with Gasteiger partial charge in [-0.1, -0.05) is 20.8 Å². The van der Waals surface area contributed by atoms with E-state index >= 15 is 0 Å². The summed E-state index contributed by atoms with van der Waals surface area (Å²) in [7, 11) is 0. The standard InChI is InChI=1S/C15H17FN2O4/c1-15(2,3)7-10(13(19)20)17-12-9-5-4-8(16)6-11(9)22-14(21)18-12/h4-6,10H,7H2,1-3H3,(H,19,20)(H,17,18,21)/t10-/m0/s1. The Morgan fingerprint density at radius 3 is 2.73 bits per heavy atom. The van der Waals surface area contributed by atoms with Crippen LogP contribution >= 0.6 is 0 Å². The molecule has 2 rings (SSSR count). The van der Waals surface area contributed by atoms with Crippen LogP contribution in [0.2, 0.25) is 0 Å². The number of nitrogens with one attached hydrogen (secondary N) is 1. The smallest absolute Gasteiger partial charge is 0.441 e. The minimum Gasteiger partial charge on any atom is -0.480 e. The van der Waals surface area contributed by atoms with Gasteiger partial charge in [0.1, 0.15) is 23.3 Å². The molecule has 0 saturated heterocycles. The van der Waals surface area contributed by atoms with E-state index < -0.39 is 23.6 Å². The van der Waals surface area contributed by atoms with Gasteiger partial charge >= 0.3 is 11.7 Å². The van der Waals surface area contributed by atoms with Crippen LogP contribution in [0.15, 0.2) is 27.4 Å². The van der Waals surface area contributed by atoms with Gasteiger partial charge in [0.2, 0.25) is 0 Å². The molecule has 2 aromatic rings. The molecule has 0 amide bonds. The second-order valence-electron chi connectivity index (χ2n) is 6.27. The Hall–Kier alpha value is -2.44. The third kappa shape index (κ3) is 3.81. The number of hydrogen-bond donors (Lipinski definition) is 2. The molecule has 0 unspecified atom stereocenters. The van der Waals surface area contributed by atoms with Gasteiger partial charge in [-0.15, -0.1) is 0 Å². The summed E-state index contributed by atoms with van der Waals surface area (Å²) in [5.74, 6) is -2.46. The molecule has 1 aromatic heterocycles. The first-order valence-corrected chi connectivity index (χ1v) is 6.75. The molecule has 6 nitrogen and oxygen atoms in total. The van der Waals surface area contributed by atoms with Crippen molar-refractivity contribution < 1.29 is 18.7 Å². The topological polar surface area (TPSA) is 92.4 Å². The number of benzene rings is 1. The van der Waals surface area contributed by atoms with Gasteiger partial charge in [0.15, 0.2) is 0 Å². The molecule has 1 aromatic carbocycles. The van der Waals surface area contributed by atoms with E-state index in [-0.39, 0.29) is 16.8 Å². The van der Waals surface area contributed by atoms with E-state index in [2.05, 4.69) is 10.3 Å². The van der Waals surface area contributed by atoms with Gasteiger partial charge in [0.25, 0.3) is 0 Å². The average Bonchev–Trinajstić information content (AvgIpc) is 2.35. The molecule has 0 radical (unpaired) electrons. The highest BCUT2D eigenvalue weighted by Gasteiger charge is 2.25. The molecule has 0 aliphatic rings. The lowest BCUT2D eigenvalue weighted by Crippen LogP contribution is -2.34. The Morgan fingerprint density at radius 2 is 2.14 bits per heavy atom. The second-order valence-corrected chi connectivity index (χ2v) is 6.27. The first kappa shape index (κ1) is 15.9. The van der Waals surface area contributed by atoms with Crippen molar-refractivity contribution in [3.8, 4) is 0 Å². The van der Waals surface area contributed by atoms with Crippen LogP contribution in [0.4, 0.5) is 10.2 Å². The number of halogens is 1. The zero-order chi connectivity index (χ0) is 16.5. The summed E-state index contributed by atoms with van der Waals surface area (Å²) in [5, 5.41) is 12.4. The van der Waals surface area contributed by atoms with E-state index in [9.17, 15) is 19.1 Å². The molecule has 0 aliphatic carbocycles. The van der Waals surface area contributed by atoms with Crippen molar-refractivity contribution in [3.63, 3.8) is 0 Å². The van der Waals surface area contributed by atoms with Gasteiger partial charge in [-0.3, -0.25) is 0 Å². The van der Waals surface area contributed by atoms with E-state index in [4.69, 9.17) is 4.42 Å². The normalized spacial score (nSPS) is 13.1. The average molecular weight is 308 g/mol. The zero-order valence-electron chi connectivity index (χ0n) is 12.5. The Morgan fingerprint density at radius 1 is 1.45 bits per heavy atom. The lowest BCUT2D eigenvalue weighted by Gasteiger charge is -2.24. The van der Waals surface area contributed by atoms with E-state index in [0.29, 0.717) is 11.8 Å². The fraction of sp³-hybridized carbons (Fsp3) is 0.400. The van der Waals surface area contributed by atoms with Crippen molar-refractivity contribution in [3.05, 3.63) is 34.6 Å². The maximum absolute atomic E-state index is 13.2. The van der Waals surface area contributed by atoms with E-state index in [1.54, 1.807) is 0 Å². The predicted octanol–water partition coefficient (Wildman–Crippen LogP) is 2.63. The number of rotatable bonds is 4. The number of hydrogen-bond acceptors (Lipinski definition) is 5. The third-order valence-corrected chi connectivity index (χ3v) is 3.02. The summed E-state index contributed by atoms with van der Waals surface area (Å²) in [4.78, 5) is 26.5. The van der Waals surface area contributed by atoms with Crippen LogP contribution in [0.25, 0.3) is 11.0 Å². The first-order chi connectivity index (χ1) is 10.2. The van der Waals surface area contributed by atoms with Gasteiger partial charge in [-0.2, -0.15) is 4.98 Å². The molecular weight excluding hydrogens is 291 g/mol. The van der Waals surface area contributed by atoms with Crippen LogP contribution in [-0.2, 0) is 4.79 Å². The van der Waals surface area contributed by atoms with Crippen molar-refractivity contribution in [2.24, 2.45) is 5.41 Å². The Bertz CT molecular complexity index is 764. The SMILES string of the molecule is CC(C)(C)C[C@H](Nc1nc(=O)oc2cc(F)ccc12)C(=O)O. The molecule has 0 fully saturated rings. The second kappa shape index (κ2) is 5.75. The number of nitrogens with zero attached hydrogens (tertiary/aromatic N) is 1. The van der Waals surface area contributed by atoms with Crippen LogP contribution in [0.1, 0.15) is 27.2 Å². The molecule has 0 aliphatic heterocycles. The molecule has 7 heteroatoms. The van der Waals surface area contributed by atoms with Crippen molar-refractivity contribution in [1.82, 2.24) is 4.98 Å². The van der Waals surface area contributed by atoms with Crippen LogP contribution in [0.5, 0.6) is 0 Å². The highest BCUT2D eigenvalue weighted by molar-refractivity contribution is 5.89. The zero-order valence-corrected chi connectivity index (χ0v) is 12.5. The van der Waals surface area contributed by atoms with E-state index in [1.807, 2.05) is 20.8 Å². The van der Waals surface area contributed by atoms with E-state index in [0.717, 1.165) is 6.07 Å². The Labute approximate surface area is 126 Å². The maximum Gasteiger partial charge on any atom is 0.441 e. The minimum atomic E-state index is -1.06. The Kier molecular flexibility index (Phi) is 4.16. The van der Waals surface area contributed by atoms with Crippen molar-refractivity contribution in [2.75, 3.05) is 5.32 Å². The summed E-state index contributed by atoms with van der Waals surface area (Å²) in [6.45, 7) is 5.72. The fourth-order valence-electron chi connectivity index (χ4n) is 2.13. The summed E-state index contributed by atoms with van der Waals surface area (Å²) in [6, 6.07) is 2.71. The van der Waals surface area contributed by atoms with Gasteiger partial charge in [0.05, 0.1) is 5.39 Å². The van der Waals surface area contributed by atoms with Crippen molar-refractivity contribution >= 4 is 22.8 Å². The molecule has 0 spiro atoms. The molecule has 0 bridgehead atoms. The quantitative estimate of drug-likeness (QED) is 0.902. The monoisotopic (exact) mass is 308 g/mol. The summed E-state index contributed by atoms with van der Waals surface area (Å²) >= 11 is 0. The summed E-state index contributed by atoms with van der Waals surface area (Å²) < 4.78 is 18.0. The minimum absolute atomic E-state index is 0.0161. The fourth-order valence-corrected chi connectivity index (χ4v) is 2.13. The Balaban J connectivity index is 2.45. The molecule has 1 heterocycles. The van der Waals surface area contributed by atoms with Crippen LogP contribution in [0, 0.1) is 11.2 Å². The van der Waals surface area contributed by atoms with Crippen LogP contribution in [-0.4, -0.2) is 22.1 Å². The van der Waals surface area contributed by atoms with Gasteiger partial charge < -0.3 is 14.8 Å². The number of carboxylic acids is 1. The number of carboxylic acid groups (broad SMARTS) is 1. The third-order valence-electron chi connectivity index (χ3n) is 3.02. The van der Waals surface area contributed by atoms with Gasteiger partial charge in [-0.25, -0.2) is 14.0 Å². The molecule has 1 atom stereocenters.